The highest BCUT2D eigenvalue weighted by Gasteiger charge is 2.15. The zero-order valence-electron chi connectivity index (χ0n) is 13.4. The summed E-state index contributed by atoms with van der Waals surface area (Å²) in [4.78, 5) is 16.6. The van der Waals surface area contributed by atoms with Crippen LogP contribution in [0.2, 0.25) is 0 Å². The number of anilines is 1. The summed E-state index contributed by atoms with van der Waals surface area (Å²) in [5, 5.41) is 7.13. The van der Waals surface area contributed by atoms with Crippen LogP contribution in [0.1, 0.15) is 27.6 Å². The first-order valence-electron chi connectivity index (χ1n) is 7.41. The second-order valence-corrected chi connectivity index (χ2v) is 5.55. The number of carbonyl (C=O) groups is 1. The van der Waals surface area contributed by atoms with E-state index in [1.165, 1.54) is 5.56 Å². The number of amides is 1. The first-order chi connectivity index (χ1) is 11.0. The minimum atomic E-state index is -0.317. The van der Waals surface area contributed by atoms with Crippen LogP contribution in [-0.2, 0) is 0 Å². The molecule has 1 N–H and O–H groups in total. The zero-order valence-corrected chi connectivity index (χ0v) is 13.4. The third-order valence-electron chi connectivity index (χ3n) is 3.56. The largest absolute Gasteiger partial charge is 0.319 e. The molecule has 1 heterocycles. The molecule has 3 aromatic rings. The van der Waals surface area contributed by atoms with Crippen molar-refractivity contribution in [3.8, 4) is 5.69 Å². The summed E-state index contributed by atoms with van der Waals surface area (Å²) >= 11 is 0. The Bertz CT molecular complexity index is 832. The van der Waals surface area contributed by atoms with Crippen molar-refractivity contribution in [2.24, 2.45) is 0 Å². The fourth-order valence-corrected chi connectivity index (χ4v) is 2.24. The van der Waals surface area contributed by atoms with E-state index < -0.39 is 0 Å². The topological polar surface area (TPSA) is 59.8 Å². The van der Waals surface area contributed by atoms with Crippen LogP contribution in [0.15, 0.2) is 48.5 Å². The van der Waals surface area contributed by atoms with Gasteiger partial charge in [0.2, 0.25) is 5.82 Å². The fourth-order valence-electron chi connectivity index (χ4n) is 2.24. The Kier molecular flexibility index (Phi) is 3.93. The van der Waals surface area contributed by atoms with Gasteiger partial charge in [-0.25, -0.2) is 9.67 Å². The van der Waals surface area contributed by atoms with Crippen LogP contribution in [0.3, 0.4) is 0 Å². The summed E-state index contributed by atoms with van der Waals surface area (Å²) in [6.45, 7) is 5.85. The summed E-state index contributed by atoms with van der Waals surface area (Å²) in [5.41, 5.74) is 3.92. The van der Waals surface area contributed by atoms with E-state index in [0.717, 1.165) is 16.9 Å². The standard InChI is InChI=1S/C18H18N4O/c1-12-4-8-15(9-5-12)20-18(23)17-19-14(3)22(21-17)16-10-6-13(2)7-11-16/h4-11H,1-3H3,(H,20,23). The molecule has 0 saturated carbocycles. The van der Waals surface area contributed by atoms with E-state index in [2.05, 4.69) is 15.4 Å². The average molecular weight is 306 g/mol. The molecule has 0 unspecified atom stereocenters. The monoisotopic (exact) mass is 306 g/mol. The minimum absolute atomic E-state index is 0.156. The highest BCUT2D eigenvalue weighted by atomic mass is 16.2. The Balaban J connectivity index is 1.83. The van der Waals surface area contributed by atoms with Gasteiger partial charge in [-0.05, 0) is 45.0 Å². The Morgan fingerprint density at radius 2 is 1.48 bits per heavy atom. The number of carbonyl (C=O) groups excluding carboxylic acids is 1. The molecule has 116 valence electrons. The molecule has 5 nitrogen and oxygen atoms in total. The van der Waals surface area contributed by atoms with Gasteiger partial charge in [-0.2, -0.15) is 0 Å². The Morgan fingerprint density at radius 1 is 0.913 bits per heavy atom. The predicted octanol–water partition coefficient (Wildman–Crippen LogP) is 3.44. The van der Waals surface area contributed by atoms with E-state index in [1.807, 2.05) is 69.3 Å². The molecule has 0 radical (unpaired) electrons. The van der Waals surface area contributed by atoms with Crippen LogP contribution in [-0.4, -0.2) is 20.7 Å². The third-order valence-corrected chi connectivity index (χ3v) is 3.56. The number of aromatic nitrogens is 3. The second-order valence-electron chi connectivity index (χ2n) is 5.55. The van der Waals surface area contributed by atoms with Crippen molar-refractivity contribution in [1.29, 1.82) is 0 Å². The summed E-state index contributed by atoms with van der Waals surface area (Å²) < 4.78 is 1.67. The van der Waals surface area contributed by atoms with Crippen molar-refractivity contribution in [3.63, 3.8) is 0 Å². The quantitative estimate of drug-likeness (QED) is 0.806. The van der Waals surface area contributed by atoms with Gasteiger partial charge in [-0.1, -0.05) is 35.4 Å². The lowest BCUT2D eigenvalue weighted by atomic mass is 10.2. The smallest absolute Gasteiger partial charge is 0.295 e. The van der Waals surface area contributed by atoms with Gasteiger partial charge < -0.3 is 5.32 Å². The highest BCUT2D eigenvalue weighted by molar-refractivity contribution is 6.01. The van der Waals surface area contributed by atoms with Crippen molar-refractivity contribution in [3.05, 3.63) is 71.3 Å². The van der Waals surface area contributed by atoms with E-state index >= 15 is 0 Å². The maximum atomic E-state index is 12.3. The zero-order chi connectivity index (χ0) is 16.4. The Hall–Kier alpha value is -2.95. The predicted molar refractivity (Wildman–Crippen MR) is 90.0 cm³/mol. The Labute approximate surface area is 135 Å². The number of rotatable bonds is 3. The lowest BCUT2D eigenvalue weighted by molar-refractivity contribution is 0.101. The van der Waals surface area contributed by atoms with Crippen LogP contribution in [0, 0.1) is 20.8 Å². The maximum absolute atomic E-state index is 12.3. The summed E-state index contributed by atoms with van der Waals surface area (Å²) in [5.74, 6) is 0.509. The van der Waals surface area contributed by atoms with Gasteiger partial charge in [0.05, 0.1) is 5.69 Å². The molecule has 23 heavy (non-hydrogen) atoms. The number of nitrogens with zero attached hydrogens (tertiary/aromatic N) is 3. The van der Waals surface area contributed by atoms with Crippen molar-refractivity contribution in [2.45, 2.75) is 20.8 Å². The molecule has 0 aliphatic heterocycles. The van der Waals surface area contributed by atoms with Crippen molar-refractivity contribution in [2.75, 3.05) is 5.32 Å². The van der Waals surface area contributed by atoms with Gasteiger partial charge in [0.1, 0.15) is 5.82 Å². The number of hydrogen-bond acceptors (Lipinski definition) is 3. The first-order valence-corrected chi connectivity index (χ1v) is 7.41. The van der Waals surface area contributed by atoms with Gasteiger partial charge in [0, 0.05) is 5.69 Å². The third kappa shape index (κ3) is 3.29. The van der Waals surface area contributed by atoms with Crippen LogP contribution >= 0.6 is 0 Å². The maximum Gasteiger partial charge on any atom is 0.295 e. The normalized spacial score (nSPS) is 10.6. The molecule has 0 spiro atoms. The molecule has 0 aliphatic carbocycles. The molecular weight excluding hydrogens is 288 g/mol. The van der Waals surface area contributed by atoms with Gasteiger partial charge in [0.15, 0.2) is 0 Å². The summed E-state index contributed by atoms with van der Waals surface area (Å²) in [6, 6.07) is 15.5. The number of nitrogens with one attached hydrogen (secondary N) is 1. The van der Waals surface area contributed by atoms with Crippen molar-refractivity contribution in [1.82, 2.24) is 14.8 Å². The van der Waals surface area contributed by atoms with Gasteiger partial charge in [-0.15, -0.1) is 5.10 Å². The summed E-state index contributed by atoms with van der Waals surface area (Å²) in [7, 11) is 0. The molecule has 0 saturated heterocycles. The van der Waals surface area contributed by atoms with Crippen LogP contribution in [0.5, 0.6) is 0 Å². The number of aryl methyl sites for hydroxylation is 3. The minimum Gasteiger partial charge on any atom is -0.319 e. The van der Waals surface area contributed by atoms with Crippen molar-refractivity contribution < 1.29 is 4.79 Å². The molecule has 0 fully saturated rings. The van der Waals surface area contributed by atoms with Crippen molar-refractivity contribution >= 4 is 11.6 Å². The molecule has 5 heteroatoms. The van der Waals surface area contributed by atoms with E-state index in [1.54, 1.807) is 4.68 Å². The van der Waals surface area contributed by atoms with Gasteiger partial charge in [-0.3, -0.25) is 4.79 Å². The molecule has 0 atom stereocenters. The molecule has 2 aromatic carbocycles. The SMILES string of the molecule is Cc1ccc(NC(=O)c2nc(C)n(-c3ccc(C)cc3)n2)cc1. The molecule has 1 aromatic heterocycles. The number of hydrogen-bond donors (Lipinski definition) is 1. The van der Waals surface area contributed by atoms with Gasteiger partial charge >= 0.3 is 0 Å². The molecule has 0 aliphatic rings. The summed E-state index contributed by atoms with van der Waals surface area (Å²) in [6.07, 6.45) is 0. The molecular formula is C18H18N4O. The van der Waals surface area contributed by atoms with Gasteiger partial charge in [0.25, 0.3) is 5.91 Å². The molecule has 3 rings (SSSR count). The van der Waals surface area contributed by atoms with E-state index in [9.17, 15) is 4.79 Å². The second kappa shape index (κ2) is 6.04. The Morgan fingerprint density at radius 3 is 2.09 bits per heavy atom. The van der Waals surface area contributed by atoms with E-state index in [0.29, 0.717) is 5.82 Å². The molecule has 0 bridgehead atoms. The lowest BCUT2D eigenvalue weighted by Crippen LogP contribution is -2.14. The van der Waals surface area contributed by atoms with Crippen LogP contribution < -0.4 is 5.32 Å². The number of benzene rings is 2. The van der Waals surface area contributed by atoms with Crippen LogP contribution in [0.25, 0.3) is 5.69 Å². The first kappa shape index (κ1) is 15.0. The molecule has 1 amide bonds. The lowest BCUT2D eigenvalue weighted by Gasteiger charge is -2.03. The van der Waals surface area contributed by atoms with E-state index in [-0.39, 0.29) is 11.7 Å². The van der Waals surface area contributed by atoms with Crippen LogP contribution in [0.4, 0.5) is 5.69 Å². The highest BCUT2D eigenvalue weighted by Crippen LogP contribution is 2.13. The average Bonchev–Trinajstić information content (AvgIpc) is 2.92. The van der Waals surface area contributed by atoms with E-state index in [4.69, 9.17) is 0 Å². The fraction of sp³-hybridized carbons (Fsp3) is 0.167.